The van der Waals surface area contributed by atoms with E-state index in [1.165, 1.54) is 4.90 Å². The minimum Gasteiger partial charge on any atom is -0.507 e. The molecule has 0 saturated carbocycles. The van der Waals surface area contributed by atoms with E-state index in [1.54, 1.807) is 42.5 Å². The van der Waals surface area contributed by atoms with Crippen molar-refractivity contribution in [2.75, 3.05) is 36.6 Å². The number of hydrogen-bond acceptors (Lipinski definition) is 7. The van der Waals surface area contributed by atoms with E-state index < -0.39 is 23.7 Å². The molecule has 1 unspecified atom stereocenters. The largest absolute Gasteiger partial charge is 0.507 e. The van der Waals surface area contributed by atoms with Crippen LogP contribution in [0.5, 0.6) is 5.75 Å². The minimum absolute atomic E-state index is 0.00431. The first-order valence-corrected chi connectivity index (χ1v) is 13.3. The number of nitrogens with zero attached hydrogens (tertiary/aromatic N) is 2. The maximum absolute atomic E-state index is 13.5. The van der Waals surface area contributed by atoms with Crippen molar-refractivity contribution >= 4 is 34.8 Å². The first-order chi connectivity index (χ1) is 19.2. The number of Topliss-reactive ketones (excluding diaryl/α,β-unsaturated/α-hetero) is 1. The van der Waals surface area contributed by atoms with Crippen LogP contribution in [0.15, 0.2) is 72.3 Å². The lowest BCUT2D eigenvalue weighted by Gasteiger charge is -2.28. The number of rotatable bonds is 6. The minimum atomic E-state index is -0.872. The number of ether oxygens (including phenoxy) is 2. The first kappa shape index (κ1) is 27.0. The number of aryl methyl sites for hydroxylation is 1. The van der Waals surface area contributed by atoms with Gasteiger partial charge in [0.15, 0.2) is 0 Å². The van der Waals surface area contributed by atoms with Gasteiger partial charge in [-0.25, -0.2) is 4.79 Å². The molecule has 1 amide bonds. The number of carbonyl (C=O) groups is 3. The van der Waals surface area contributed by atoms with E-state index in [1.807, 2.05) is 57.0 Å². The molecule has 8 heteroatoms. The summed E-state index contributed by atoms with van der Waals surface area (Å²) in [4.78, 5) is 42.9. The Labute approximate surface area is 233 Å². The smallest absolute Gasteiger partial charge is 0.338 e. The van der Waals surface area contributed by atoms with Gasteiger partial charge in [0.1, 0.15) is 18.1 Å². The third-order valence-electron chi connectivity index (χ3n) is 7.06. The number of aliphatic hydroxyl groups is 1. The SMILES string of the molecule is Cc1cccc(C2/C(=C(/O)c3ccc4c(c3)N(C)CCO4)C(=O)C(=O)N2c2ccc(C(=O)OCC(C)C)cc2)c1. The second-order valence-corrected chi connectivity index (χ2v) is 10.6. The number of esters is 1. The molecule has 40 heavy (non-hydrogen) atoms. The molecule has 3 aromatic carbocycles. The maximum atomic E-state index is 13.5. The second kappa shape index (κ2) is 10.9. The van der Waals surface area contributed by atoms with E-state index >= 15 is 0 Å². The van der Waals surface area contributed by atoms with E-state index in [-0.39, 0.29) is 17.3 Å². The second-order valence-electron chi connectivity index (χ2n) is 10.6. The van der Waals surface area contributed by atoms with Gasteiger partial charge < -0.3 is 19.5 Å². The monoisotopic (exact) mass is 540 g/mol. The number of fused-ring (bicyclic) bond motifs is 1. The summed E-state index contributed by atoms with van der Waals surface area (Å²) in [5, 5.41) is 11.5. The highest BCUT2D eigenvalue weighted by atomic mass is 16.5. The fraction of sp³-hybridized carbons (Fsp3) is 0.281. The van der Waals surface area contributed by atoms with Crippen LogP contribution in [0.25, 0.3) is 5.76 Å². The third-order valence-corrected chi connectivity index (χ3v) is 7.06. The maximum Gasteiger partial charge on any atom is 0.338 e. The van der Waals surface area contributed by atoms with Gasteiger partial charge in [-0.1, -0.05) is 43.7 Å². The molecule has 1 saturated heterocycles. The lowest BCUT2D eigenvalue weighted by atomic mass is 9.94. The zero-order valence-electron chi connectivity index (χ0n) is 23.0. The van der Waals surface area contributed by atoms with Crippen LogP contribution in [-0.4, -0.2) is 49.6 Å². The Bertz CT molecular complexity index is 1510. The summed E-state index contributed by atoms with van der Waals surface area (Å²) in [6.07, 6.45) is 0. The molecule has 2 aliphatic heterocycles. The van der Waals surface area contributed by atoms with Crippen molar-refractivity contribution < 1.29 is 29.0 Å². The molecule has 0 aliphatic carbocycles. The summed E-state index contributed by atoms with van der Waals surface area (Å²) in [6, 6.07) is 18.2. The Hall–Kier alpha value is -4.59. The van der Waals surface area contributed by atoms with Crippen molar-refractivity contribution in [3.8, 4) is 5.75 Å². The van der Waals surface area contributed by atoms with E-state index in [0.29, 0.717) is 47.9 Å². The van der Waals surface area contributed by atoms with Gasteiger partial charge in [-0.05, 0) is 60.9 Å². The van der Waals surface area contributed by atoms with Crippen LogP contribution in [0.2, 0.25) is 0 Å². The molecule has 2 aliphatic rings. The lowest BCUT2D eigenvalue weighted by molar-refractivity contribution is -0.132. The van der Waals surface area contributed by atoms with Crippen molar-refractivity contribution in [2.24, 2.45) is 5.92 Å². The number of likely N-dealkylation sites (N-methyl/N-ethyl adjacent to an activating group) is 1. The summed E-state index contributed by atoms with van der Waals surface area (Å²) >= 11 is 0. The fourth-order valence-corrected chi connectivity index (χ4v) is 4.99. The molecule has 5 rings (SSSR count). The molecule has 3 aromatic rings. The van der Waals surface area contributed by atoms with Gasteiger partial charge >= 0.3 is 5.97 Å². The molecule has 0 bridgehead atoms. The quantitative estimate of drug-likeness (QED) is 0.197. The highest BCUT2D eigenvalue weighted by Crippen LogP contribution is 2.43. The van der Waals surface area contributed by atoms with Crippen LogP contribution < -0.4 is 14.5 Å². The van der Waals surface area contributed by atoms with Crippen molar-refractivity contribution in [2.45, 2.75) is 26.8 Å². The molecule has 1 N–H and O–H groups in total. The molecule has 0 spiro atoms. The summed E-state index contributed by atoms with van der Waals surface area (Å²) in [5.74, 6) is -1.38. The zero-order valence-corrected chi connectivity index (χ0v) is 23.0. The lowest BCUT2D eigenvalue weighted by Crippen LogP contribution is -2.29. The van der Waals surface area contributed by atoms with E-state index in [0.717, 1.165) is 11.3 Å². The van der Waals surface area contributed by atoms with Gasteiger partial charge in [0.25, 0.3) is 11.7 Å². The highest BCUT2D eigenvalue weighted by Gasteiger charge is 2.47. The summed E-state index contributed by atoms with van der Waals surface area (Å²) < 4.78 is 11.0. The van der Waals surface area contributed by atoms with Crippen molar-refractivity contribution in [1.29, 1.82) is 0 Å². The van der Waals surface area contributed by atoms with E-state index in [2.05, 4.69) is 0 Å². The number of ketones is 1. The summed E-state index contributed by atoms with van der Waals surface area (Å²) in [5.41, 5.74) is 3.58. The predicted molar refractivity (Wildman–Crippen MR) is 153 cm³/mol. The molecule has 206 valence electrons. The predicted octanol–water partition coefficient (Wildman–Crippen LogP) is 5.26. The van der Waals surface area contributed by atoms with Crippen LogP contribution in [0.3, 0.4) is 0 Å². The average molecular weight is 541 g/mol. The molecule has 1 atom stereocenters. The third kappa shape index (κ3) is 5.04. The van der Waals surface area contributed by atoms with Crippen LogP contribution in [0, 0.1) is 12.8 Å². The standard InChI is InChI=1S/C32H32N2O6/c1-19(2)18-40-32(38)21-8-11-24(12-9-21)34-28(22-7-5-6-20(3)16-22)27(30(36)31(34)37)29(35)23-10-13-26-25(17-23)33(4)14-15-39-26/h5-13,16-17,19,28,35H,14-15,18H2,1-4H3/b29-27-. The Morgan fingerprint density at radius 1 is 1.05 bits per heavy atom. The summed E-state index contributed by atoms with van der Waals surface area (Å²) in [6.45, 7) is 7.37. The first-order valence-electron chi connectivity index (χ1n) is 13.3. The van der Waals surface area contributed by atoms with Crippen LogP contribution in [0.4, 0.5) is 11.4 Å². The molecular formula is C32H32N2O6. The molecule has 1 fully saturated rings. The van der Waals surface area contributed by atoms with Crippen molar-refractivity contribution in [3.63, 3.8) is 0 Å². The van der Waals surface area contributed by atoms with Gasteiger partial charge in [0.05, 0.1) is 36.0 Å². The number of aliphatic hydroxyl groups excluding tert-OH is 1. The van der Waals surface area contributed by atoms with Crippen molar-refractivity contribution in [3.05, 3.63) is 94.6 Å². The Kier molecular flexibility index (Phi) is 7.34. The normalized spacial score (nSPS) is 18.1. The van der Waals surface area contributed by atoms with Crippen LogP contribution in [0.1, 0.15) is 46.9 Å². The summed E-state index contributed by atoms with van der Waals surface area (Å²) in [7, 11) is 1.93. The number of anilines is 2. The van der Waals surface area contributed by atoms with Gasteiger partial charge in [0.2, 0.25) is 0 Å². The van der Waals surface area contributed by atoms with Gasteiger partial charge in [-0.15, -0.1) is 0 Å². The van der Waals surface area contributed by atoms with Crippen molar-refractivity contribution in [1.82, 2.24) is 0 Å². The zero-order chi connectivity index (χ0) is 28.6. The van der Waals surface area contributed by atoms with E-state index in [9.17, 15) is 19.5 Å². The highest BCUT2D eigenvalue weighted by molar-refractivity contribution is 6.51. The van der Waals surface area contributed by atoms with Crippen LogP contribution in [-0.2, 0) is 14.3 Å². The molecule has 0 aromatic heterocycles. The topological polar surface area (TPSA) is 96.4 Å². The fourth-order valence-electron chi connectivity index (χ4n) is 4.99. The van der Waals surface area contributed by atoms with Gasteiger partial charge in [-0.2, -0.15) is 0 Å². The Morgan fingerprint density at radius 2 is 1.77 bits per heavy atom. The Balaban J connectivity index is 1.59. The van der Waals surface area contributed by atoms with Gasteiger partial charge in [-0.3, -0.25) is 14.5 Å². The van der Waals surface area contributed by atoms with E-state index in [4.69, 9.17) is 9.47 Å². The Morgan fingerprint density at radius 3 is 2.48 bits per heavy atom. The number of hydrogen-bond donors (Lipinski definition) is 1. The molecule has 2 heterocycles. The molecular weight excluding hydrogens is 508 g/mol. The van der Waals surface area contributed by atoms with Gasteiger partial charge in [0, 0.05) is 18.3 Å². The number of carbonyl (C=O) groups excluding carboxylic acids is 3. The average Bonchev–Trinajstić information content (AvgIpc) is 3.21. The number of amides is 1. The molecule has 8 nitrogen and oxygen atoms in total. The van der Waals surface area contributed by atoms with Crippen LogP contribution >= 0.6 is 0 Å². The number of benzene rings is 3. The molecule has 0 radical (unpaired) electrons.